The Bertz CT molecular complexity index is 270. The highest BCUT2D eigenvalue weighted by Gasteiger charge is 2.53. The van der Waals surface area contributed by atoms with E-state index in [1.807, 2.05) is 0 Å². The smallest absolute Gasteiger partial charge is 0.0646 e. The summed E-state index contributed by atoms with van der Waals surface area (Å²) in [6.07, 6.45) is 3.81. The maximum Gasteiger partial charge on any atom is 0.0646 e. The molecule has 0 aliphatic heterocycles. The Labute approximate surface area is 99.1 Å². The van der Waals surface area contributed by atoms with Crippen LogP contribution in [0.5, 0.6) is 0 Å². The van der Waals surface area contributed by atoms with Crippen molar-refractivity contribution < 1.29 is 10.2 Å². The lowest BCUT2D eigenvalue weighted by Crippen LogP contribution is -2.42. The summed E-state index contributed by atoms with van der Waals surface area (Å²) < 4.78 is 0. The summed E-state index contributed by atoms with van der Waals surface area (Å²) >= 11 is 0. The highest BCUT2D eigenvalue weighted by molar-refractivity contribution is 5.03. The average Bonchev–Trinajstić information content (AvgIpc) is 2.29. The van der Waals surface area contributed by atoms with Crippen molar-refractivity contribution in [2.24, 2.45) is 22.7 Å². The van der Waals surface area contributed by atoms with Crippen LogP contribution in [0.15, 0.2) is 0 Å². The summed E-state index contributed by atoms with van der Waals surface area (Å²) in [6.45, 7) is 8.54. The predicted molar refractivity (Wildman–Crippen MR) is 65.0 cm³/mol. The average molecular weight is 226 g/mol. The van der Waals surface area contributed by atoms with Crippen molar-refractivity contribution in [3.63, 3.8) is 0 Å². The molecule has 2 aliphatic carbocycles. The molecule has 16 heavy (non-hydrogen) atoms. The highest BCUT2D eigenvalue weighted by Crippen LogP contribution is 2.53. The molecule has 0 aromatic rings. The Kier molecular flexibility index (Phi) is 2.87. The van der Waals surface area contributed by atoms with Crippen molar-refractivity contribution in [1.82, 2.24) is 0 Å². The first kappa shape index (κ1) is 12.4. The van der Waals surface area contributed by atoms with E-state index in [0.29, 0.717) is 5.92 Å². The summed E-state index contributed by atoms with van der Waals surface area (Å²) in [6, 6.07) is 0. The van der Waals surface area contributed by atoms with Crippen molar-refractivity contribution in [1.29, 1.82) is 0 Å². The third-order valence-electron chi connectivity index (χ3n) is 5.06. The molecule has 0 bridgehead atoms. The van der Waals surface area contributed by atoms with Gasteiger partial charge in [-0.25, -0.2) is 0 Å². The number of aliphatic hydroxyl groups is 2. The van der Waals surface area contributed by atoms with Crippen LogP contribution < -0.4 is 0 Å². The van der Waals surface area contributed by atoms with E-state index < -0.39 is 0 Å². The molecule has 2 nitrogen and oxygen atoms in total. The van der Waals surface area contributed by atoms with E-state index in [-0.39, 0.29) is 29.0 Å². The van der Waals surface area contributed by atoms with E-state index in [4.69, 9.17) is 0 Å². The Morgan fingerprint density at radius 1 is 0.938 bits per heavy atom. The second kappa shape index (κ2) is 3.71. The maximum atomic E-state index is 10.5. The van der Waals surface area contributed by atoms with E-state index >= 15 is 0 Å². The molecule has 0 saturated heterocycles. The van der Waals surface area contributed by atoms with Gasteiger partial charge in [-0.05, 0) is 36.0 Å². The largest absolute Gasteiger partial charge is 0.392 e. The highest BCUT2D eigenvalue weighted by atomic mass is 16.3. The van der Waals surface area contributed by atoms with Crippen molar-refractivity contribution in [2.45, 2.75) is 65.6 Å². The molecule has 0 radical (unpaired) electrons. The third kappa shape index (κ3) is 1.80. The lowest BCUT2D eigenvalue weighted by molar-refractivity contribution is -0.0638. The molecular weight excluding hydrogens is 200 g/mol. The van der Waals surface area contributed by atoms with Gasteiger partial charge in [0, 0.05) is 5.92 Å². The fraction of sp³-hybridized carbons (Fsp3) is 1.00. The Hall–Kier alpha value is -0.0800. The maximum absolute atomic E-state index is 10.5. The van der Waals surface area contributed by atoms with Gasteiger partial charge < -0.3 is 10.2 Å². The SMILES string of the molecule is CC1(C)CCCC2CC(C)(C)C(O)C2C1O. The van der Waals surface area contributed by atoms with Gasteiger partial charge in [0.1, 0.15) is 0 Å². The quantitative estimate of drug-likeness (QED) is 0.666. The summed E-state index contributed by atoms with van der Waals surface area (Å²) in [4.78, 5) is 0. The standard InChI is InChI=1S/C14H26O2/c1-13(2)7-5-6-9-8-14(3,4)12(16)10(9)11(13)15/h9-12,15-16H,5-8H2,1-4H3. The minimum absolute atomic E-state index is 0.0241. The van der Waals surface area contributed by atoms with Crippen LogP contribution in [0.4, 0.5) is 0 Å². The fourth-order valence-corrected chi connectivity index (χ4v) is 3.93. The molecule has 0 aromatic carbocycles. The Balaban J connectivity index is 2.28. The van der Waals surface area contributed by atoms with E-state index in [2.05, 4.69) is 27.7 Å². The molecule has 2 fully saturated rings. The number of aliphatic hydroxyl groups excluding tert-OH is 2. The topological polar surface area (TPSA) is 40.5 Å². The van der Waals surface area contributed by atoms with E-state index in [9.17, 15) is 10.2 Å². The molecule has 94 valence electrons. The molecule has 4 atom stereocenters. The van der Waals surface area contributed by atoms with Gasteiger partial charge in [0.2, 0.25) is 0 Å². The van der Waals surface area contributed by atoms with Gasteiger partial charge in [-0.3, -0.25) is 0 Å². The molecule has 0 heterocycles. The van der Waals surface area contributed by atoms with Gasteiger partial charge in [0.25, 0.3) is 0 Å². The van der Waals surface area contributed by atoms with Gasteiger partial charge in [0.05, 0.1) is 12.2 Å². The van der Waals surface area contributed by atoms with E-state index in [0.717, 1.165) is 12.8 Å². The monoisotopic (exact) mass is 226 g/mol. The first-order valence-electron chi connectivity index (χ1n) is 6.62. The summed E-state index contributed by atoms with van der Waals surface area (Å²) in [5.41, 5.74) is -0.0649. The van der Waals surface area contributed by atoms with Crippen LogP contribution in [0.1, 0.15) is 53.4 Å². The zero-order valence-corrected chi connectivity index (χ0v) is 11.0. The van der Waals surface area contributed by atoms with Crippen molar-refractivity contribution in [3.05, 3.63) is 0 Å². The Morgan fingerprint density at radius 3 is 2.12 bits per heavy atom. The minimum Gasteiger partial charge on any atom is -0.392 e. The molecule has 0 amide bonds. The van der Waals surface area contributed by atoms with Gasteiger partial charge in [-0.15, -0.1) is 0 Å². The van der Waals surface area contributed by atoms with Crippen LogP contribution in [-0.4, -0.2) is 22.4 Å². The fourth-order valence-electron chi connectivity index (χ4n) is 3.93. The second-order valence-electron chi connectivity index (χ2n) is 7.30. The molecular formula is C14H26O2. The van der Waals surface area contributed by atoms with Gasteiger partial charge in [0.15, 0.2) is 0 Å². The summed E-state index contributed by atoms with van der Waals surface area (Å²) in [7, 11) is 0. The number of hydrogen-bond acceptors (Lipinski definition) is 2. The van der Waals surface area contributed by atoms with Crippen LogP contribution in [0.3, 0.4) is 0 Å². The summed E-state index contributed by atoms with van der Waals surface area (Å²) in [5.74, 6) is 0.606. The van der Waals surface area contributed by atoms with Crippen LogP contribution >= 0.6 is 0 Å². The van der Waals surface area contributed by atoms with E-state index in [1.165, 1.54) is 12.8 Å². The molecule has 2 heteroatoms. The number of rotatable bonds is 0. The lowest BCUT2D eigenvalue weighted by atomic mass is 9.74. The molecule has 4 unspecified atom stereocenters. The van der Waals surface area contributed by atoms with Crippen LogP contribution in [0.25, 0.3) is 0 Å². The molecule has 0 aromatic heterocycles. The first-order chi connectivity index (χ1) is 7.26. The molecule has 2 N–H and O–H groups in total. The van der Waals surface area contributed by atoms with Gasteiger partial charge in [-0.2, -0.15) is 0 Å². The van der Waals surface area contributed by atoms with E-state index in [1.54, 1.807) is 0 Å². The van der Waals surface area contributed by atoms with Crippen LogP contribution in [-0.2, 0) is 0 Å². The lowest BCUT2D eigenvalue weighted by Gasteiger charge is -2.36. The first-order valence-corrected chi connectivity index (χ1v) is 6.62. The van der Waals surface area contributed by atoms with Gasteiger partial charge in [-0.1, -0.05) is 34.1 Å². The van der Waals surface area contributed by atoms with Crippen molar-refractivity contribution >= 4 is 0 Å². The number of fused-ring (bicyclic) bond motifs is 1. The second-order valence-corrected chi connectivity index (χ2v) is 7.30. The summed E-state index contributed by atoms with van der Waals surface area (Å²) in [5, 5.41) is 20.9. The predicted octanol–water partition coefficient (Wildman–Crippen LogP) is 2.58. The van der Waals surface area contributed by atoms with Gasteiger partial charge >= 0.3 is 0 Å². The number of hydrogen-bond donors (Lipinski definition) is 2. The van der Waals surface area contributed by atoms with Crippen molar-refractivity contribution in [3.8, 4) is 0 Å². The zero-order valence-electron chi connectivity index (χ0n) is 11.0. The van der Waals surface area contributed by atoms with Crippen LogP contribution in [0, 0.1) is 22.7 Å². The zero-order chi connectivity index (χ0) is 12.1. The van der Waals surface area contributed by atoms with Crippen LogP contribution in [0.2, 0.25) is 0 Å². The molecule has 2 rings (SSSR count). The molecule has 2 saturated carbocycles. The molecule has 2 aliphatic rings. The normalized spacial score (nSPS) is 46.1. The minimum atomic E-state index is -0.350. The van der Waals surface area contributed by atoms with Crippen molar-refractivity contribution in [2.75, 3.05) is 0 Å². The molecule has 0 spiro atoms. The Morgan fingerprint density at radius 2 is 1.50 bits per heavy atom. The third-order valence-corrected chi connectivity index (χ3v) is 5.06.